The van der Waals surface area contributed by atoms with Gasteiger partial charge in [-0.2, -0.15) is 13.2 Å². The molecule has 0 N–H and O–H groups in total. The van der Waals surface area contributed by atoms with Crippen molar-refractivity contribution in [2.24, 2.45) is 5.92 Å². The zero-order valence-electron chi connectivity index (χ0n) is 12.2. The van der Waals surface area contributed by atoms with Crippen molar-refractivity contribution in [2.75, 3.05) is 26.2 Å². The third kappa shape index (κ3) is 5.16. The Balaban J connectivity index is 0.00000220. The molecule has 0 radical (unpaired) electrons. The minimum Gasteiger partial charge on any atom is -0.371 e. The molecule has 2 rings (SSSR count). The minimum atomic E-state index is -4.30. The Hall–Kier alpha value is -0.780. The highest BCUT2D eigenvalue weighted by Gasteiger charge is 2.31. The Labute approximate surface area is 129 Å². The molecule has 1 atom stereocenters. The van der Waals surface area contributed by atoms with Crippen LogP contribution in [0.2, 0.25) is 0 Å². The summed E-state index contributed by atoms with van der Waals surface area (Å²) in [7, 11) is 0. The lowest BCUT2D eigenvalue weighted by molar-refractivity contribution is -0.137. The highest BCUT2D eigenvalue weighted by molar-refractivity contribution is 5.85. The molecule has 1 aromatic carbocycles. The highest BCUT2D eigenvalue weighted by atomic mass is 35.5. The summed E-state index contributed by atoms with van der Waals surface area (Å²) >= 11 is 0. The monoisotopic (exact) mass is 323 g/mol. The van der Waals surface area contributed by atoms with E-state index < -0.39 is 11.7 Å². The highest BCUT2D eigenvalue weighted by Crippen LogP contribution is 2.32. The summed E-state index contributed by atoms with van der Waals surface area (Å²) in [6.45, 7) is 7.27. The summed E-state index contributed by atoms with van der Waals surface area (Å²) < 4.78 is 43.8. The fraction of sp³-hybridized carbons (Fsp3) is 0.600. The smallest absolute Gasteiger partial charge is 0.371 e. The van der Waals surface area contributed by atoms with Gasteiger partial charge in [0.25, 0.3) is 0 Å². The SMILES string of the molecule is CC(C)CN1CCOC(c2cccc(C(F)(F)F)c2)C1.Cl. The van der Waals surface area contributed by atoms with Crippen LogP contribution in [-0.2, 0) is 10.9 Å². The molecule has 0 saturated carbocycles. The van der Waals surface area contributed by atoms with Gasteiger partial charge in [0.1, 0.15) is 0 Å². The van der Waals surface area contributed by atoms with Crippen LogP contribution in [0.15, 0.2) is 24.3 Å². The van der Waals surface area contributed by atoms with Crippen molar-refractivity contribution in [1.82, 2.24) is 4.90 Å². The number of ether oxygens (including phenoxy) is 1. The number of morpholine rings is 1. The van der Waals surface area contributed by atoms with Crippen LogP contribution < -0.4 is 0 Å². The first-order chi connectivity index (χ1) is 9.36. The lowest BCUT2D eigenvalue weighted by atomic mass is 10.0. The lowest BCUT2D eigenvalue weighted by Gasteiger charge is -2.34. The molecule has 120 valence electrons. The third-order valence-electron chi connectivity index (χ3n) is 3.36. The number of alkyl halides is 3. The molecule has 1 heterocycles. The van der Waals surface area contributed by atoms with Gasteiger partial charge in [-0.05, 0) is 23.6 Å². The number of nitrogens with zero attached hydrogens (tertiary/aromatic N) is 1. The Morgan fingerprint density at radius 3 is 2.67 bits per heavy atom. The van der Waals surface area contributed by atoms with Gasteiger partial charge in [-0.15, -0.1) is 12.4 Å². The zero-order valence-corrected chi connectivity index (χ0v) is 13.0. The van der Waals surface area contributed by atoms with Crippen LogP contribution in [0.3, 0.4) is 0 Å². The summed E-state index contributed by atoms with van der Waals surface area (Å²) in [4.78, 5) is 2.25. The van der Waals surface area contributed by atoms with Gasteiger partial charge >= 0.3 is 6.18 Å². The van der Waals surface area contributed by atoms with E-state index in [4.69, 9.17) is 4.74 Å². The van der Waals surface area contributed by atoms with Crippen LogP contribution in [0.4, 0.5) is 13.2 Å². The van der Waals surface area contributed by atoms with Gasteiger partial charge in [-0.25, -0.2) is 0 Å². The van der Waals surface area contributed by atoms with Crippen LogP contribution in [0.5, 0.6) is 0 Å². The van der Waals surface area contributed by atoms with E-state index in [0.29, 0.717) is 24.6 Å². The van der Waals surface area contributed by atoms with E-state index >= 15 is 0 Å². The van der Waals surface area contributed by atoms with Gasteiger partial charge < -0.3 is 4.74 Å². The molecular weight excluding hydrogens is 303 g/mol. The zero-order chi connectivity index (χ0) is 14.8. The first kappa shape index (κ1) is 18.3. The average Bonchev–Trinajstić information content (AvgIpc) is 2.37. The number of hydrogen-bond acceptors (Lipinski definition) is 2. The number of benzene rings is 1. The van der Waals surface area contributed by atoms with E-state index in [1.807, 2.05) is 0 Å². The summed E-state index contributed by atoms with van der Waals surface area (Å²) in [5.41, 5.74) is -0.00661. The minimum absolute atomic E-state index is 0. The Morgan fingerprint density at radius 2 is 2.05 bits per heavy atom. The third-order valence-corrected chi connectivity index (χ3v) is 3.36. The fourth-order valence-electron chi connectivity index (χ4n) is 2.50. The summed E-state index contributed by atoms with van der Waals surface area (Å²) in [5.74, 6) is 0.537. The lowest BCUT2D eigenvalue weighted by Crippen LogP contribution is -2.40. The predicted molar refractivity (Wildman–Crippen MR) is 78.7 cm³/mol. The molecule has 1 fully saturated rings. The van der Waals surface area contributed by atoms with Gasteiger partial charge in [-0.1, -0.05) is 26.0 Å². The van der Waals surface area contributed by atoms with Crippen molar-refractivity contribution < 1.29 is 17.9 Å². The van der Waals surface area contributed by atoms with Crippen molar-refractivity contribution in [3.63, 3.8) is 0 Å². The average molecular weight is 324 g/mol. The molecule has 21 heavy (non-hydrogen) atoms. The van der Waals surface area contributed by atoms with Gasteiger partial charge in [0, 0.05) is 19.6 Å². The van der Waals surface area contributed by atoms with Crippen molar-refractivity contribution in [1.29, 1.82) is 0 Å². The second kappa shape index (κ2) is 7.47. The van der Waals surface area contributed by atoms with E-state index in [1.54, 1.807) is 6.07 Å². The van der Waals surface area contributed by atoms with E-state index in [0.717, 1.165) is 19.2 Å². The van der Waals surface area contributed by atoms with Crippen molar-refractivity contribution >= 4 is 12.4 Å². The normalized spacial score (nSPS) is 20.4. The van der Waals surface area contributed by atoms with Crippen LogP contribution in [0.1, 0.15) is 31.1 Å². The maximum absolute atomic E-state index is 12.7. The van der Waals surface area contributed by atoms with E-state index in [1.165, 1.54) is 12.1 Å². The van der Waals surface area contributed by atoms with E-state index in [2.05, 4.69) is 18.7 Å². The second-order valence-corrected chi connectivity index (χ2v) is 5.64. The molecule has 6 heteroatoms. The summed E-state index contributed by atoms with van der Waals surface area (Å²) in [6, 6.07) is 5.45. The second-order valence-electron chi connectivity index (χ2n) is 5.64. The molecule has 0 bridgehead atoms. The van der Waals surface area contributed by atoms with E-state index in [9.17, 15) is 13.2 Å². The van der Waals surface area contributed by atoms with Crippen LogP contribution in [0, 0.1) is 5.92 Å². The van der Waals surface area contributed by atoms with Gasteiger partial charge in [0.2, 0.25) is 0 Å². The van der Waals surface area contributed by atoms with Crippen molar-refractivity contribution in [2.45, 2.75) is 26.1 Å². The number of halogens is 4. The molecular formula is C15H21ClF3NO. The summed E-state index contributed by atoms with van der Waals surface area (Å²) in [5, 5.41) is 0. The molecule has 0 aliphatic carbocycles. The van der Waals surface area contributed by atoms with Gasteiger partial charge in [-0.3, -0.25) is 4.90 Å². The van der Waals surface area contributed by atoms with Crippen molar-refractivity contribution in [3.05, 3.63) is 35.4 Å². The number of rotatable bonds is 3. The molecule has 0 amide bonds. The van der Waals surface area contributed by atoms with Crippen LogP contribution in [-0.4, -0.2) is 31.1 Å². The van der Waals surface area contributed by atoms with Crippen molar-refractivity contribution in [3.8, 4) is 0 Å². The first-order valence-corrected chi connectivity index (χ1v) is 6.87. The molecule has 0 aromatic heterocycles. The molecule has 1 aliphatic heterocycles. The standard InChI is InChI=1S/C15H20F3NO.ClH/c1-11(2)9-19-6-7-20-14(10-19)12-4-3-5-13(8-12)15(16,17)18;/h3-5,8,11,14H,6-7,9-10H2,1-2H3;1H. The fourth-order valence-corrected chi connectivity index (χ4v) is 2.50. The largest absolute Gasteiger partial charge is 0.416 e. The number of hydrogen-bond donors (Lipinski definition) is 0. The maximum Gasteiger partial charge on any atom is 0.416 e. The molecule has 2 nitrogen and oxygen atoms in total. The summed E-state index contributed by atoms with van der Waals surface area (Å²) in [6.07, 6.45) is -4.58. The molecule has 1 unspecified atom stereocenters. The van der Waals surface area contributed by atoms with E-state index in [-0.39, 0.29) is 18.5 Å². The molecule has 1 aromatic rings. The first-order valence-electron chi connectivity index (χ1n) is 6.87. The predicted octanol–water partition coefficient (Wildman–Crippen LogP) is 4.16. The molecule has 1 saturated heterocycles. The quantitative estimate of drug-likeness (QED) is 0.828. The van der Waals surface area contributed by atoms with Crippen LogP contribution >= 0.6 is 12.4 Å². The van der Waals surface area contributed by atoms with Gasteiger partial charge in [0.05, 0.1) is 18.3 Å². The maximum atomic E-state index is 12.7. The Bertz CT molecular complexity index is 451. The Morgan fingerprint density at radius 1 is 1.33 bits per heavy atom. The molecule has 0 spiro atoms. The van der Waals surface area contributed by atoms with Crippen LogP contribution in [0.25, 0.3) is 0 Å². The Kier molecular flexibility index (Phi) is 6.50. The van der Waals surface area contributed by atoms with Gasteiger partial charge in [0.15, 0.2) is 0 Å². The molecule has 1 aliphatic rings. The topological polar surface area (TPSA) is 12.5 Å².